The van der Waals surface area contributed by atoms with Crippen molar-refractivity contribution in [3.63, 3.8) is 0 Å². The Bertz CT molecular complexity index is 463. The van der Waals surface area contributed by atoms with Crippen LogP contribution in [0.25, 0.3) is 0 Å². The molecule has 1 atom stereocenters. The molecule has 0 unspecified atom stereocenters. The molecule has 0 spiro atoms. The summed E-state index contributed by atoms with van der Waals surface area (Å²) < 4.78 is 0. The maximum Gasteiger partial charge on any atom is 0.407 e. The number of para-hydroxylation sites is 1. The van der Waals surface area contributed by atoms with Crippen LogP contribution in [0, 0.1) is 0 Å². The number of nitrogens with one attached hydrogen (secondary N) is 1. The van der Waals surface area contributed by atoms with Crippen molar-refractivity contribution in [2.24, 2.45) is 0 Å². The van der Waals surface area contributed by atoms with Crippen LogP contribution in [0.3, 0.4) is 0 Å². The number of piperazine rings is 1. The van der Waals surface area contributed by atoms with E-state index < -0.39 is 6.09 Å². The Kier molecular flexibility index (Phi) is 3.89. The molecule has 102 valence electrons. The minimum atomic E-state index is -0.935. The van der Waals surface area contributed by atoms with Gasteiger partial charge in [-0.15, -0.1) is 0 Å². The number of carboxylic acid groups (broad SMARTS) is 1. The molecule has 1 aliphatic heterocycles. The molecule has 1 heterocycles. The van der Waals surface area contributed by atoms with Crippen molar-refractivity contribution in [1.82, 2.24) is 9.80 Å². The predicted molar refractivity (Wildman–Crippen MR) is 71.2 cm³/mol. The molecule has 0 saturated carbocycles. The number of carbonyl (C=O) groups excluding carboxylic acids is 1. The number of hydrogen-bond donors (Lipinski definition) is 2. The monoisotopic (exact) mass is 263 g/mol. The Hall–Kier alpha value is -2.24. The van der Waals surface area contributed by atoms with E-state index in [1.165, 1.54) is 4.90 Å². The van der Waals surface area contributed by atoms with Crippen LogP contribution in [0.5, 0.6) is 0 Å². The van der Waals surface area contributed by atoms with Crippen LogP contribution < -0.4 is 5.32 Å². The van der Waals surface area contributed by atoms with Gasteiger partial charge in [0.25, 0.3) is 0 Å². The highest BCUT2D eigenvalue weighted by Crippen LogP contribution is 2.12. The Morgan fingerprint density at radius 1 is 1.26 bits per heavy atom. The third kappa shape index (κ3) is 3.15. The number of benzene rings is 1. The first-order chi connectivity index (χ1) is 9.08. The molecule has 6 nitrogen and oxygen atoms in total. The van der Waals surface area contributed by atoms with Gasteiger partial charge in [0.2, 0.25) is 0 Å². The Balaban J connectivity index is 1.93. The Morgan fingerprint density at radius 2 is 1.95 bits per heavy atom. The van der Waals surface area contributed by atoms with Crippen molar-refractivity contribution in [3.05, 3.63) is 30.3 Å². The molecule has 1 aromatic carbocycles. The van der Waals surface area contributed by atoms with Crippen LogP contribution in [0.4, 0.5) is 15.3 Å². The lowest BCUT2D eigenvalue weighted by Gasteiger charge is -2.38. The molecule has 1 fully saturated rings. The second-order valence-corrected chi connectivity index (χ2v) is 4.57. The zero-order valence-corrected chi connectivity index (χ0v) is 10.7. The lowest BCUT2D eigenvalue weighted by atomic mass is 10.2. The summed E-state index contributed by atoms with van der Waals surface area (Å²) in [5.41, 5.74) is 0.737. The average Bonchev–Trinajstić information content (AvgIpc) is 2.39. The van der Waals surface area contributed by atoms with Crippen molar-refractivity contribution in [2.45, 2.75) is 13.0 Å². The number of hydrogen-bond acceptors (Lipinski definition) is 2. The summed E-state index contributed by atoms with van der Waals surface area (Å²) in [5.74, 6) is 0. The largest absolute Gasteiger partial charge is 0.465 e. The van der Waals surface area contributed by atoms with Crippen molar-refractivity contribution in [1.29, 1.82) is 0 Å². The summed E-state index contributed by atoms with van der Waals surface area (Å²) in [5, 5.41) is 11.8. The maximum atomic E-state index is 12.0. The van der Waals surface area contributed by atoms with Crippen LogP contribution in [0.1, 0.15) is 6.92 Å². The molecule has 0 bridgehead atoms. The zero-order chi connectivity index (χ0) is 13.8. The Morgan fingerprint density at radius 3 is 2.53 bits per heavy atom. The van der Waals surface area contributed by atoms with Gasteiger partial charge in [-0.2, -0.15) is 0 Å². The van der Waals surface area contributed by atoms with Gasteiger partial charge in [0.15, 0.2) is 0 Å². The smallest absolute Gasteiger partial charge is 0.407 e. The first kappa shape index (κ1) is 13.2. The fourth-order valence-corrected chi connectivity index (χ4v) is 2.15. The highest BCUT2D eigenvalue weighted by Gasteiger charge is 2.29. The first-order valence-corrected chi connectivity index (χ1v) is 6.18. The lowest BCUT2D eigenvalue weighted by Crippen LogP contribution is -2.55. The quantitative estimate of drug-likeness (QED) is 0.812. The summed E-state index contributed by atoms with van der Waals surface area (Å²) in [6, 6.07) is 8.82. The van der Waals surface area contributed by atoms with E-state index in [1.807, 2.05) is 30.3 Å². The lowest BCUT2D eigenvalue weighted by molar-refractivity contribution is 0.0868. The van der Waals surface area contributed by atoms with Gasteiger partial charge in [0, 0.05) is 31.4 Å². The molecule has 19 heavy (non-hydrogen) atoms. The minimum Gasteiger partial charge on any atom is -0.465 e. The molecule has 3 amide bonds. The van der Waals surface area contributed by atoms with Crippen molar-refractivity contribution in [3.8, 4) is 0 Å². The summed E-state index contributed by atoms with van der Waals surface area (Å²) in [6.45, 7) is 2.97. The second kappa shape index (κ2) is 5.60. The maximum absolute atomic E-state index is 12.0. The number of rotatable bonds is 1. The molecule has 0 aliphatic carbocycles. The van der Waals surface area contributed by atoms with E-state index in [9.17, 15) is 9.59 Å². The van der Waals surface area contributed by atoms with E-state index >= 15 is 0 Å². The van der Waals surface area contributed by atoms with Crippen molar-refractivity contribution in [2.75, 3.05) is 25.0 Å². The van der Waals surface area contributed by atoms with Gasteiger partial charge in [-0.3, -0.25) is 0 Å². The van der Waals surface area contributed by atoms with Gasteiger partial charge in [-0.1, -0.05) is 18.2 Å². The van der Waals surface area contributed by atoms with E-state index in [2.05, 4.69) is 5.32 Å². The molecule has 2 rings (SSSR count). The standard InChI is InChI=1S/C13H17N3O3/c1-10-9-15(7-8-16(10)13(18)19)12(17)14-11-5-3-2-4-6-11/h2-6,10H,7-9H2,1H3,(H,14,17)(H,18,19)/t10-/m0/s1. The van der Waals surface area contributed by atoms with E-state index in [4.69, 9.17) is 5.11 Å². The summed E-state index contributed by atoms with van der Waals surface area (Å²) >= 11 is 0. The SMILES string of the molecule is C[C@H]1CN(C(=O)Nc2ccccc2)CCN1C(=O)O. The van der Waals surface area contributed by atoms with E-state index in [0.717, 1.165) is 5.69 Å². The second-order valence-electron chi connectivity index (χ2n) is 4.57. The first-order valence-electron chi connectivity index (χ1n) is 6.18. The Labute approximate surface area is 111 Å². The minimum absolute atomic E-state index is 0.187. The highest BCUT2D eigenvalue weighted by atomic mass is 16.4. The molecule has 1 aromatic rings. The number of nitrogens with zero attached hydrogens (tertiary/aromatic N) is 2. The van der Waals surface area contributed by atoms with E-state index in [-0.39, 0.29) is 12.1 Å². The van der Waals surface area contributed by atoms with Gasteiger partial charge >= 0.3 is 12.1 Å². The van der Waals surface area contributed by atoms with E-state index in [1.54, 1.807) is 11.8 Å². The predicted octanol–water partition coefficient (Wildman–Crippen LogP) is 1.90. The summed E-state index contributed by atoms with van der Waals surface area (Å²) in [4.78, 5) is 26.0. The molecule has 0 aromatic heterocycles. The highest BCUT2D eigenvalue weighted by molar-refractivity contribution is 5.89. The van der Waals surface area contributed by atoms with Crippen molar-refractivity contribution >= 4 is 17.8 Å². The molecule has 0 radical (unpaired) electrons. The van der Waals surface area contributed by atoms with E-state index in [0.29, 0.717) is 19.6 Å². The summed E-state index contributed by atoms with van der Waals surface area (Å²) in [7, 11) is 0. The molecule has 2 N–H and O–H groups in total. The third-order valence-electron chi connectivity index (χ3n) is 3.19. The van der Waals surface area contributed by atoms with Crippen LogP contribution in [-0.2, 0) is 0 Å². The summed E-state index contributed by atoms with van der Waals surface area (Å²) in [6.07, 6.45) is -0.935. The van der Waals surface area contributed by atoms with Crippen LogP contribution in [0.2, 0.25) is 0 Å². The zero-order valence-electron chi connectivity index (χ0n) is 10.7. The van der Waals surface area contributed by atoms with Crippen LogP contribution in [-0.4, -0.2) is 52.7 Å². The molecular weight excluding hydrogens is 246 g/mol. The number of carbonyl (C=O) groups is 2. The number of anilines is 1. The fourth-order valence-electron chi connectivity index (χ4n) is 2.15. The van der Waals surface area contributed by atoms with Gasteiger partial charge in [-0.05, 0) is 19.1 Å². The fraction of sp³-hybridized carbons (Fsp3) is 0.385. The van der Waals surface area contributed by atoms with Gasteiger partial charge in [0.05, 0.1) is 0 Å². The molecular formula is C13H17N3O3. The van der Waals surface area contributed by atoms with Crippen molar-refractivity contribution < 1.29 is 14.7 Å². The number of amides is 3. The number of urea groups is 1. The average molecular weight is 263 g/mol. The molecule has 1 aliphatic rings. The van der Waals surface area contributed by atoms with Crippen LogP contribution in [0.15, 0.2) is 30.3 Å². The molecule has 6 heteroatoms. The topological polar surface area (TPSA) is 72.9 Å². The van der Waals surface area contributed by atoms with Crippen LogP contribution >= 0.6 is 0 Å². The van der Waals surface area contributed by atoms with Gasteiger partial charge < -0.3 is 20.2 Å². The normalized spacial score (nSPS) is 19.1. The van der Waals surface area contributed by atoms with Gasteiger partial charge in [0.1, 0.15) is 0 Å². The molecule has 1 saturated heterocycles. The third-order valence-corrected chi connectivity index (χ3v) is 3.19. The van der Waals surface area contributed by atoms with Gasteiger partial charge in [-0.25, -0.2) is 9.59 Å².